The van der Waals surface area contributed by atoms with Crippen molar-refractivity contribution in [3.63, 3.8) is 0 Å². The van der Waals surface area contributed by atoms with Crippen LogP contribution in [0.25, 0.3) is 0 Å². The van der Waals surface area contributed by atoms with Gasteiger partial charge in [0.25, 0.3) is 0 Å². The van der Waals surface area contributed by atoms with E-state index in [1.54, 1.807) is 52.4 Å². The molecule has 0 heterocycles. The Morgan fingerprint density at radius 1 is 0.574 bits per heavy atom. The summed E-state index contributed by atoms with van der Waals surface area (Å²) >= 11 is 0. The second-order valence-electron chi connectivity index (χ2n) is 11.6. The SMILES string of the molecule is C1CC2C3CCC(C3)C2C1.C=C(C)C(=O)OCCNC(=O)OCCOCC.C=C(C)C(=O)OCCNC(=O)OCCOCCOCC. The summed E-state index contributed by atoms with van der Waals surface area (Å²) in [6.07, 6.45) is 8.40. The van der Waals surface area contributed by atoms with Crippen molar-refractivity contribution in [1.82, 2.24) is 10.6 Å². The van der Waals surface area contributed by atoms with Crippen molar-refractivity contribution < 1.29 is 52.3 Å². The molecule has 13 heteroatoms. The van der Waals surface area contributed by atoms with E-state index in [0.717, 1.165) is 0 Å². The number of fused-ring (bicyclic) bond motifs is 5. The topological polar surface area (TPSA) is 157 Å². The number of esters is 2. The van der Waals surface area contributed by atoms with E-state index in [1.165, 1.54) is 23.7 Å². The molecule has 0 radical (unpaired) electrons. The van der Waals surface area contributed by atoms with E-state index >= 15 is 0 Å². The molecule has 3 aliphatic carbocycles. The average molecular weight is 671 g/mol. The van der Waals surface area contributed by atoms with E-state index in [1.807, 2.05) is 13.8 Å². The molecule has 13 nitrogen and oxygen atoms in total. The van der Waals surface area contributed by atoms with Gasteiger partial charge in [-0.1, -0.05) is 19.6 Å². The zero-order valence-corrected chi connectivity index (χ0v) is 28.9. The maximum Gasteiger partial charge on any atom is 0.407 e. The lowest BCUT2D eigenvalue weighted by atomic mass is 9.82. The number of hydrogen-bond acceptors (Lipinski definition) is 11. The second kappa shape index (κ2) is 25.9. The first-order valence-corrected chi connectivity index (χ1v) is 16.8. The highest BCUT2D eigenvalue weighted by atomic mass is 16.6. The van der Waals surface area contributed by atoms with Gasteiger partial charge in [-0.3, -0.25) is 0 Å². The molecule has 2 bridgehead atoms. The van der Waals surface area contributed by atoms with E-state index < -0.39 is 24.1 Å². The van der Waals surface area contributed by atoms with Crippen molar-refractivity contribution in [1.29, 1.82) is 0 Å². The van der Waals surface area contributed by atoms with Crippen LogP contribution in [-0.2, 0) is 42.7 Å². The van der Waals surface area contributed by atoms with Gasteiger partial charge < -0.3 is 43.8 Å². The minimum atomic E-state index is -0.579. The average Bonchev–Trinajstić information content (AvgIpc) is 3.80. The maximum absolute atomic E-state index is 11.2. The van der Waals surface area contributed by atoms with E-state index in [-0.39, 0.29) is 39.5 Å². The predicted molar refractivity (Wildman–Crippen MR) is 176 cm³/mol. The van der Waals surface area contributed by atoms with Gasteiger partial charge in [0.1, 0.15) is 26.4 Å². The van der Waals surface area contributed by atoms with Gasteiger partial charge in [-0.05, 0) is 83.5 Å². The molecule has 0 spiro atoms. The normalized spacial score (nSPS) is 19.9. The molecule has 0 aromatic carbocycles. The zero-order valence-electron chi connectivity index (χ0n) is 28.9. The first kappa shape index (κ1) is 41.9. The third-order valence-corrected chi connectivity index (χ3v) is 7.96. The molecule has 3 fully saturated rings. The highest BCUT2D eigenvalue weighted by Crippen LogP contribution is 2.58. The number of amides is 2. The Labute approximate surface area is 280 Å². The molecule has 3 saturated carbocycles. The summed E-state index contributed by atoms with van der Waals surface area (Å²) in [7, 11) is 0. The highest BCUT2D eigenvalue weighted by Gasteiger charge is 2.48. The van der Waals surface area contributed by atoms with Crippen LogP contribution in [-0.4, -0.2) is 103 Å². The van der Waals surface area contributed by atoms with Crippen molar-refractivity contribution >= 4 is 24.1 Å². The summed E-state index contributed by atoms with van der Waals surface area (Å²) in [4.78, 5) is 44.2. The van der Waals surface area contributed by atoms with Crippen molar-refractivity contribution in [3.05, 3.63) is 24.3 Å². The Morgan fingerprint density at radius 3 is 1.40 bits per heavy atom. The summed E-state index contributed by atoms with van der Waals surface area (Å²) in [6.45, 7) is 17.5. The molecule has 0 aliphatic heterocycles. The number of carbonyl (C=O) groups is 4. The third kappa shape index (κ3) is 19.3. The maximum atomic E-state index is 11.2. The molecule has 4 atom stereocenters. The summed E-state index contributed by atoms with van der Waals surface area (Å²) in [5.74, 6) is 3.84. The van der Waals surface area contributed by atoms with Crippen molar-refractivity contribution in [3.8, 4) is 0 Å². The molecule has 270 valence electrons. The van der Waals surface area contributed by atoms with Crippen LogP contribution in [0.2, 0.25) is 0 Å². The first-order chi connectivity index (χ1) is 22.6. The van der Waals surface area contributed by atoms with E-state index in [0.29, 0.717) is 50.8 Å². The summed E-state index contributed by atoms with van der Waals surface area (Å²) in [5, 5.41) is 4.87. The van der Waals surface area contributed by atoms with Crippen LogP contribution in [0.1, 0.15) is 66.2 Å². The molecule has 0 aromatic rings. The fraction of sp³-hybridized carbons (Fsp3) is 0.765. The van der Waals surface area contributed by atoms with Crippen LogP contribution in [0, 0.1) is 23.7 Å². The molecular weight excluding hydrogens is 612 g/mol. The molecule has 2 amide bonds. The molecule has 3 aliphatic rings. The van der Waals surface area contributed by atoms with Gasteiger partial charge in [0.05, 0.1) is 39.5 Å². The smallest absolute Gasteiger partial charge is 0.407 e. The van der Waals surface area contributed by atoms with E-state index in [2.05, 4.69) is 23.8 Å². The Morgan fingerprint density at radius 2 is 0.979 bits per heavy atom. The molecule has 3 rings (SSSR count). The van der Waals surface area contributed by atoms with Gasteiger partial charge in [0.15, 0.2) is 0 Å². The first-order valence-electron chi connectivity index (χ1n) is 16.8. The van der Waals surface area contributed by atoms with Gasteiger partial charge in [-0.25, -0.2) is 19.2 Å². The van der Waals surface area contributed by atoms with Crippen LogP contribution in [0.4, 0.5) is 9.59 Å². The Balaban J connectivity index is 0.000000367. The molecule has 2 N–H and O–H groups in total. The second-order valence-corrected chi connectivity index (χ2v) is 11.6. The van der Waals surface area contributed by atoms with Crippen molar-refractivity contribution in [2.24, 2.45) is 23.7 Å². The Kier molecular flexibility index (Phi) is 23.0. The number of carbonyl (C=O) groups excluding carboxylic acids is 4. The van der Waals surface area contributed by atoms with Crippen molar-refractivity contribution in [2.75, 3.05) is 79.2 Å². The van der Waals surface area contributed by atoms with E-state index in [4.69, 9.17) is 33.2 Å². The predicted octanol–water partition coefficient (Wildman–Crippen LogP) is 4.59. The Bertz CT molecular complexity index is 942. The summed E-state index contributed by atoms with van der Waals surface area (Å²) < 4.78 is 34.4. The largest absolute Gasteiger partial charge is 0.460 e. The van der Waals surface area contributed by atoms with Crippen LogP contribution in [0.5, 0.6) is 0 Å². The van der Waals surface area contributed by atoms with Gasteiger partial charge in [0.2, 0.25) is 0 Å². The van der Waals surface area contributed by atoms with Crippen LogP contribution < -0.4 is 10.6 Å². The number of alkyl carbamates (subject to hydrolysis) is 2. The lowest BCUT2D eigenvalue weighted by Crippen LogP contribution is -2.29. The summed E-state index contributed by atoms with van der Waals surface area (Å²) in [6, 6.07) is 0. The van der Waals surface area contributed by atoms with Gasteiger partial charge in [-0.15, -0.1) is 0 Å². The van der Waals surface area contributed by atoms with Crippen LogP contribution in [0.3, 0.4) is 0 Å². The minimum absolute atomic E-state index is 0.0750. The fourth-order valence-corrected chi connectivity index (χ4v) is 5.86. The van der Waals surface area contributed by atoms with Crippen molar-refractivity contribution in [2.45, 2.75) is 66.2 Å². The zero-order chi connectivity index (χ0) is 34.9. The lowest BCUT2D eigenvalue weighted by molar-refractivity contribution is -0.139. The monoisotopic (exact) mass is 670 g/mol. The standard InChI is InChI=1S/C13H23NO6.C11H19NO5.C10H16/c1-4-17-7-8-18-9-10-20-13(16)14-5-6-19-12(15)11(2)3;1-4-15-7-8-17-11(14)12-5-6-16-10(13)9(2)3;1-2-9-7-4-5-8(6-7)10(9)3-1/h2,4-10H2,1,3H3,(H,14,16);2,4-8H2,1,3H3,(H,12,14);7-10H,1-6H2. The lowest BCUT2D eigenvalue weighted by Gasteiger charge is -2.23. The molecular formula is C34H58N2O11. The van der Waals surface area contributed by atoms with Crippen LogP contribution in [0.15, 0.2) is 24.3 Å². The highest BCUT2D eigenvalue weighted by molar-refractivity contribution is 5.87. The minimum Gasteiger partial charge on any atom is -0.460 e. The van der Waals surface area contributed by atoms with Gasteiger partial charge in [0, 0.05) is 24.4 Å². The molecule has 0 aromatic heterocycles. The van der Waals surface area contributed by atoms with Gasteiger partial charge >= 0.3 is 24.1 Å². The Hall–Kier alpha value is -3.16. The van der Waals surface area contributed by atoms with Gasteiger partial charge in [-0.2, -0.15) is 0 Å². The van der Waals surface area contributed by atoms with E-state index in [9.17, 15) is 19.2 Å². The number of hydrogen-bond donors (Lipinski definition) is 2. The number of ether oxygens (including phenoxy) is 7. The third-order valence-electron chi connectivity index (χ3n) is 7.96. The number of nitrogens with one attached hydrogen (secondary N) is 2. The molecule has 4 unspecified atom stereocenters. The summed E-state index contributed by atoms with van der Waals surface area (Å²) in [5.41, 5.74) is 0.640. The quantitative estimate of drug-likeness (QED) is 0.0858. The number of rotatable bonds is 19. The fourth-order valence-electron chi connectivity index (χ4n) is 5.86. The molecule has 47 heavy (non-hydrogen) atoms. The van der Waals surface area contributed by atoms with Crippen LogP contribution >= 0.6 is 0 Å². The molecule has 0 saturated heterocycles.